The molecule has 1 aliphatic rings. The summed E-state index contributed by atoms with van der Waals surface area (Å²) in [5, 5.41) is 10.9. The minimum absolute atomic E-state index is 0.00976. The van der Waals surface area contributed by atoms with E-state index >= 15 is 0 Å². The van der Waals surface area contributed by atoms with Gasteiger partial charge in [0.25, 0.3) is 0 Å². The van der Waals surface area contributed by atoms with Crippen LogP contribution in [-0.2, 0) is 4.79 Å². The molecule has 0 radical (unpaired) electrons. The summed E-state index contributed by atoms with van der Waals surface area (Å²) >= 11 is 7.46. The van der Waals surface area contributed by atoms with Crippen LogP contribution in [0.25, 0.3) is 11.1 Å². The zero-order chi connectivity index (χ0) is 22.8. The molecule has 0 aliphatic carbocycles. The lowest BCUT2D eigenvalue weighted by Gasteiger charge is -2.26. The van der Waals surface area contributed by atoms with Gasteiger partial charge in [0, 0.05) is 34.6 Å². The van der Waals surface area contributed by atoms with Crippen molar-refractivity contribution in [2.24, 2.45) is 0 Å². The number of hydrogen-bond acceptors (Lipinski definition) is 4. The van der Waals surface area contributed by atoms with Gasteiger partial charge in [0.05, 0.1) is 11.4 Å². The summed E-state index contributed by atoms with van der Waals surface area (Å²) in [5.74, 6) is 0.162. The van der Waals surface area contributed by atoms with Gasteiger partial charge in [0.1, 0.15) is 5.75 Å². The molecule has 0 bridgehead atoms. The van der Waals surface area contributed by atoms with Gasteiger partial charge in [-0.3, -0.25) is 4.79 Å². The van der Waals surface area contributed by atoms with Crippen molar-refractivity contribution in [3.8, 4) is 16.9 Å². The monoisotopic (exact) mass is 472 g/mol. The zero-order valence-corrected chi connectivity index (χ0v) is 19.3. The van der Waals surface area contributed by atoms with Crippen LogP contribution in [-0.4, -0.2) is 17.6 Å². The van der Waals surface area contributed by atoms with E-state index < -0.39 is 0 Å². The minimum atomic E-state index is 0.00976. The van der Waals surface area contributed by atoms with E-state index in [4.69, 9.17) is 11.6 Å². The summed E-state index contributed by atoms with van der Waals surface area (Å²) in [6.45, 7) is 0.501. The van der Waals surface area contributed by atoms with E-state index in [0.717, 1.165) is 33.1 Å². The summed E-state index contributed by atoms with van der Waals surface area (Å²) in [5.41, 5.74) is 4.71. The lowest BCUT2D eigenvalue weighted by molar-refractivity contribution is -0.117. The van der Waals surface area contributed by atoms with E-state index in [0.29, 0.717) is 18.0 Å². The number of phenolic OH excluding ortho intramolecular Hbond substituents is 1. The maximum atomic E-state index is 13.2. The molecule has 4 aromatic carbocycles. The number of nitrogens with zero attached hydrogens (tertiary/aromatic N) is 2. The Hall–Kier alpha value is -3.41. The molecule has 0 saturated carbocycles. The molecule has 1 N–H and O–H groups in total. The molecule has 0 unspecified atom stereocenters. The fraction of sp³-hybridized carbons (Fsp3) is 0.0741. The molecule has 1 aliphatic heterocycles. The van der Waals surface area contributed by atoms with Gasteiger partial charge in [-0.05, 0) is 71.6 Å². The van der Waals surface area contributed by atoms with Crippen molar-refractivity contribution in [2.75, 3.05) is 15.7 Å². The highest BCUT2D eigenvalue weighted by Gasteiger charge is 2.28. The number of fused-ring (bicyclic) bond motifs is 1. The molecule has 1 amide bonds. The van der Waals surface area contributed by atoms with Crippen LogP contribution in [0.4, 0.5) is 17.1 Å². The van der Waals surface area contributed by atoms with Crippen LogP contribution >= 0.6 is 23.5 Å². The zero-order valence-electron chi connectivity index (χ0n) is 17.7. The summed E-state index contributed by atoms with van der Waals surface area (Å²) < 4.78 is 1.72. The second kappa shape index (κ2) is 9.22. The van der Waals surface area contributed by atoms with Crippen molar-refractivity contribution < 1.29 is 9.90 Å². The Morgan fingerprint density at radius 2 is 1.48 bits per heavy atom. The number of rotatable bonds is 4. The number of phenols is 1. The summed E-state index contributed by atoms with van der Waals surface area (Å²) in [7, 11) is 0. The first-order valence-electron chi connectivity index (χ1n) is 10.6. The van der Waals surface area contributed by atoms with Crippen LogP contribution in [0.15, 0.2) is 102 Å². The van der Waals surface area contributed by atoms with Gasteiger partial charge in [0.2, 0.25) is 5.91 Å². The van der Waals surface area contributed by atoms with E-state index in [-0.39, 0.29) is 11.7 Å². The highest BCUT2D eigenvalue weighted by atomic mass is 35.5. The third-order valence-corrected chi connectivity index (χ3v) is 6.86. The number of carbonyl (C=O) groups is 1. The largest absolute Gasteiger partial charge is 0.508 e. The van der Waals surface area contributed by atoms with Crippen LogP contribution in [0, 0.1) is 0 Å². The van der Waals surface area contributed by atoms with Crippen LogP contribution in [0.1, 0.15) is 6.42 Å². The Kier molecular flexibility index (Phi) is 5.99. The third kappa shape index (κ3) is 4.56. The Bertz CT molecular complexity index is 1280. The van der Waals surface area contributed by atoms with E-state index in [1.165, 1.54) is 11.9 Å². The molecule has 1 heterocycles. The van der Waals surface area contributed by atoms with E-state index in [9.17, 15) is 9.90 Å². The minimum Gasteiger partial charge on any atom is -0.508 e. The average Bonchev–Trinajstić information content (AvgIpc) is 2.97. The van der Waals surface area contributed by atoms with Gasteiger partial charge in [-0.25, -0.2) is 4.31 Å². The van der Waals surface area contributed by atoms with E-state index in [1.54, 1.807) is 22.5 Å². The SMILES string of the molecule is O=C1CCN(c2ccc(Cl)cc2)c2cc(O)ccc2N1Sc1ccc(-c2ccccc2)cc1. The molecule has 5 rings (SSSR count). The highest BCUT2D eigenvalue weighted by molar-refractivity contribution is 8.01. The molecule has 33 heavy (non-hydrogen) atoms. The third-order valence-electron chi connectivity index (χ3n) is 5.54. The van der Waals surface area contributed by atoms with Crippen LogP contribution in [0.3, 0.4) is 0 Å². The topological polar surface area (TPSA) is 43.8 Å². The molecule has 6 heteroatoms. The Balaban J connectivity index is 1.48. The van der Waals surface area contributed by atoms with Crippen molar-refractivity contribution in [3.05, 3.63) is 102 Å². The number of amides is 1. The number of anilines is 3. The first-order chi connectivity index (χ1) is 16.1. The molecule has 0 saturated heterocycles. The van der Waals surface area contributed by atoms with Crippen molar-refractivity contribution >= 4 is 46.5 Å². The molecule has 4 aromatic rings. The predicted octanol–water partition coefficient (Wildman–Crippen LogP) is 7.29. The lowest BCUT2D eigenvalue weighted by Crippen LogP contribution is -2.23. The summed E-state index contributed by atoms with van der Waals surface area (Å²) in [4.78, 5) is 16.2. The standard InChI is InChI=1S/C27H21ClN2O2S/c28-21-8-10-22(11-9-21)29-17-16-27(32)30(25-15-12-23(31)18-26(25)29)33-24-13-6-20(7-14-24)19-4-2-1-3-5-19/h1-15,18,31H,16-17H2. The Morgan fingerprint density at radius 3 is 2.21 bits per heavy atom. The molecule has 0 aromatic heterocycles. The predicted molar refractivity (Wildman–Crippen MR) is 136 cm³/mol. The van der Waals surface area contributed by atoms with Crippen LogP contribution in [0.2, 0.25) is 5.02 Å². The van der Waals surface area contributed by atoms with E-state index in [2.05, 4.69) is 24.3 Å². The summed E-state index contributed by atoms with van der Waals surface area (Å²) in [6, 6.07) is 31.0. The first kappa shape index (κ1) is 21.4. The van der Waals surface area contributed by atoms with Gasteiger partial charge in [-0.1, -0.05) is 54.1 Å². The second-order valence-corrected chi connectivity index (χ2v) is 9.18. The van der Waals surface area contributed by atoms with Gasteiger partial charge in [0.15, 0.2) is 0 Å². The molecule has 0 fully saturated rings. The van der Waals surface area contributed by atoms with Crippen molar-refractivity contribution in [1.29, 1.82) is 0 Å². The highest BCUT2D eigenvalue weighted by Crippen LogP contribution is 2.43. The van der Waals surface area contributed by atoms with Crippen molar-refractivity contribution in [1.82, 2.24) is 0 Å². The molecular formula is C27H21ClN2O2S. The molecule has 0 atom stereocenters. The van der Waals surface area contributed by atoms with Gasteiger partial charge < -0.3 is 10.0 Å². The van der Waals surface area contributed by atoms with Gasteiger partial charge in [-0.15, -0.1) is 0 Å². The first-order valence-corrected chi connectivity index (χ1v) is 11.8. The van der Waals surface area contributed by atoms with Gasteiger partial charge >= 0.3 is 0 Å². The molecular weight excluding hydrogens is 452 g/mol. The van der Waals surface area contributed by atoms with Crippen LogP contribution in [0.5, 0.6) is 5.75 Å². The number of hydrogen-bond donors (Lipinski definition) is 1. The average molecular weight is 473 g/mol. The van der Waals surface area contributed by atoms with Crippen molar-refractivity contribution in [2.45, 2.75) is 11.3 Å². The number of benzene rings is 4. The number of carbonyl (C=O) groups excluding carboxylic acids is 1. The van der Waals surface area contributed by atoms with Crippen LogP contribution < -0.4 is 9.21 Å². The maximum absolute atomic E-state index is 13.2. The Morgan fingerprint density at radius 1 is 0.788 bits per heavy atom. The number of aromatic hydroxyl groups is 1. The van der Waals surface area contributed by atoms with Gasteiger partial charge in [-0.2, -0.15) is 0 Å². The smallest absolute Gasteiger partial charge is 0.239 e. The van der Waals surface area contributed by atoms with E-state index in [1.807, 2.05) is 59.5 Å². The maximum Gasteiger partial charge on any atom is 0.239 e. The quantitative estimate of drug-likeness (QED) is 0.316. The second-order valence-electron chi connectivity index (χ2n) is 7.72. The molecule has 4 nitrogen and oxygen atoms in total. The summed E-state index contributed by atoms with van der Waals surface area (Å²) in [6.07, 6.45) is 0.340. The number of halogens is 1. The fourth-order valence-corrected chi connectivity index (χ4v) is 4.94. The molecule has 164 valence electrons. The fourth-order valence-electron chi connectivity index (χ4n) is 3.90. The molecule has 0 spiro atoms. The van der Waals surface area contributed by atoms with Crippen molar-refractivity contribution in [3.63, 3.8) is 0 Å². The Labute approximate surface area is 202 Å². The lowest BCUT2D eigenvalue weighted by atomic mass is 10.1. The normalized spacial score (nSPS) is 13.5.